The van der Waals surface area contributed by atoms with Crippen LogP contribution in [0.3, 0.4) is 0 Å². The number of carbonyl (C=O) groups excluding carboxylic acids is 2. The van der Waals surface area contributed by atoms with Crippen LogP contribution in [-0.2, 0) is 14.3 Å². The molecule has 0 aromatic carbocycles. The van der Waals surface area contributed by atoms with E-state index in [1.165, 1.54) is 0 Å². The molecule has 0 spiro atoms. The van der Waals surface area contributed by atoms with Gasteiger partial charge in [-0.05, 0) is 33.6 Å². The lowest BCUT2D eigenvalue weighted by Gasteiger charge is -2.19. The highest BCUT2D eigenvalue weighted by Crippen LogP contribution is 2.07. The van der Waals surface area contributed by atoms with Gasteiger partial charge in [0.2, 0.25) is 0 Å². The van der Waals surface area contributed by atoms with Crippen molar-refractivity contribution in [2.75, 3.05) is 18.9 Å². The van der Waals surface area contributed by atoms with Gasteiger partial charge in [0, 0.05) is 18.7 Å². The molecule has 6 heteroatoms. The van der Waals surface area contributed by atoms with Crippen molar-refractivity contribution >= 4 is 24.7 Å². The van der Waals surface area contributed by atoms with Gasteiger partial charge in [0.25, 0.3) is 0 Å². The fraction of sp³-hybridized carbons (Fsp3) is 0.867. The number of carbonyl (C=O) groups is 2. The second-order valence-corrected chi connectivity index (χ2v) is 6.34. The molecule has 0 aliphatic carbocycles. The summed E-state index contributed by atoms with van der Waals surface area (Å²) in [5.41, 5.74) is -0.453. The summed E-state index contributed by atoms with van der Waals surface area (Å²) in [5.74, 6) is 0.423. The van der Waals surface area contributed by atoms with Crippen molar-refractivity contribution in [3.8, 4) is 0 Å². The molecule has 124 valence electrons. The van der Waals surface area contributed by atoms with Gasteiger partial charge in [0.15, 0.2) is 0 Å². The van der Waals surface area contributed by atoms with E-state index in [4.69, 9.17) is 9.47 Å². The van der Waals surface area contributed by atoms with E-state index in [-0.39, 0.29) is 12.1 Å². The maximum atomic E-state index is 11.4. The topological polar surface area (TPSA) is 64.6 Å². The van der Waals surface area contributed by atoms with Crippen LogP contribution in [0.4, 0.5) is 4.79 Å². The summed E-state index contributed by atoms with van der Waals surface area (Å²) >= 11 is 3.97. The maximum Gasteiger partial charge on any atom is 0.407 e. The molecule has 0 rings (SSSR count). The fourth-order valence-electron chi connectivity index (χ4n) is 1.66. The molecular weight excluding hydrogens is 290 g/mol. The molecule has 0 heterocycles. The Labute approximate surface area is 133 Å². The zero-order valence-electron chi connectivity index (χ0n) is 13.4. The van der Waals surface area contributed by atoms with Crippen LogP contribution in [0.5, 0.6) is 0 Å². The minimum absolute atomic E-state index is 0.143. The van der Waals surface area contributed by atoms with Crippen LogP contribution in [0.1, 0.15) is 59.3 Å². The molecule has 0 bridgehead atoms. The smallest absolute Gasteiger partial charge is 0.407 e. The zero-order valence-corrected chi connectivity index (χ0v) is 14.3. The van der Waals surface area contributed by atoms with Crippen LogP contribution in [0.2, 0.25) is 0 Å². The molecule has 0 saturated carbocycles. The Hall–Kier alpha value is -0.910. The first-order valence-electron chi connectivity index (χ1n) is 7.58. The molecule has 5 nitrogen and oxygen atoms in total. The molecule has 21 heavy (non-hydrogen) atoms. The SMILES string of the molecule is CC(C)(C)OC(=O)NCCCCCCCC(=O)OCCS. The zero-order chi connectivity index (χ0) is 16.1. The van der Waals surface area contributed by atoms with E-state index in [9.17, 15) is 9.59 Å². The third kappa shape index (κ3) is 15.3. The monoisotopic (exact) mass is 319 g/mol. The number of unbranched alkanes of at least 4 members (excludes halogenated alkanes) is 4. The van der Waals surface area contributed by atoms with Crippen LogP contribution in [0.15, 0.2) is 0 Å². The highest BCUT2D eigenvalue weighted by atomic mass is 32.1. The summed E-state index contributed by atoms with van der Waals surface area (Å²) in [6, 6.07) is 0. The number of amides is 1. The van der Waals surface area contributed by atoms with E-state index in [1.807, 2.05) is 20.8 Å². The second-order valence-electron chi connectivity index (χ2n) is 5.89. The normalized spacial score (nSPS) is 11.0. The number of alkyl carbamates (subject to hydrolysis) is 1. The van der Waals surface area contributed by atoms with E-state index in [2.05, 4.69) is 17.9 Å². The first-order valence-corrected chi connectivity index (χ1v) is 8.22. The molecular formula is C15H29NO4S. The van der Waals surface area contributed by atoms with E-state index >= 15 is 0 Å². The number of hydrogen-bond donors (Lipinski definition) is 2. The largest absolute Gasteiger partial charge is 0.465 e. The Bertz CT molecular complexity index is 303. The van der Waals surface area contributed by atoms with Gasteiger partial charge in [0.1, 0.15) is 12.2 Å². The van der Waals surface area contributed by atoms with Crippen molar-refractivity contribution in [3.63, 3.8) is 0 Å². The molecule has 1 amide bonds. The molecule has 0 aliphatic heterocycles. The van der Waals surface area contributed by atoms with Gasteiger partial charge in [0.05, 0.1) is 0 Å². The van der Waals surface area contributed by atoms with Gasteiger partial charge < -0.3 is 14.8 Å². The van der Waals surface area contributed by atoms with Crippen molar-refractivity contribution in [1.82, 2.24) is 5.32 Å². The number of hydrogen-bond acceptors (Lipinski definition) is 5. The number of nitrogens with one attached hydrogen (secondary N) is 1. The molecule has 0 atom stereocenters. The molecule has 0 unspecified atom stereocenters. The lowest BCUT2D eigenvalue weighted by atomic mass is 10.1. The van der Waals surface area contributed by atoms with Gasteiger partial charge in [-0.25, -0.2) is 4.79 Å². The lowest BCUT2D eigenvalue weighted by Crippen LogP contribution is -2.32. The summed E-state index contributed by atoms with van der Waals surface area (Å²) in [4.78, 5) is 22.6. The fourth-order valence-corrected chi connectivity index (χ4v) is 1.75. The summed E-state index contributed by atoms with van der Waals surface area (Å²) < 4.78 is 10.1. The molecule has 0 aliphatic rings. The third-order valence-corrected chi connectivity index (χ3v) is 2.76. The summed E-state index contributed by atoms with van der Waals surface area (Å²) in [7, 11) is 0. The molecule has 1 N–H and O–H groups in total. The minimum atomic E-state index is -0.453. The lowest BCUT2D eigenvalue weighted by molar-refractivity contribution is -0.143. The van der Waals surface area contributed by atoms with Gasteiger partial charge in [-0.1, -0.05) is 19.3 Å². The van der Waals surface area contributed by atoms with Gasteiger partial charge in [-0.15, -0.1) is 0 Å². The third-order valence-electron chi connectivity index (χ3n) is 2.58. The first-order chi connectivity index (χ1) is 9.85. The average Bonchev–Trinajstić information content (AvgIpc) is 2.37. The number of thiol groups is 1. The van der Waals surface area contributed by atoms with E-state index in [0.717, 1.165) is 32.1 Å². The highest BCUT2D eigenvalue weighted by molar-refractivity contribution is 7.80. The van der Waals surface area contributed by atoms with Gasteiger partial charge >= 0.3 is 12.1 Å². The summed E-state index contributed by atoms with van der Waals surface area (Å²) in [6.45, 7) is 6.53. The van der Waals surface area contributed by atoms with Gasteiger partial charge in [-0.3, -0.25) is 4.79 Å². The van der Waals surface area contributed by atoms with Crippen LogP contribution in [0, 0.1) is 0 Å². The van der Waals surface area contributed by atoms with E-state index < -0.39 is 5.60 Å². The van der Waals surface area contributed by atoms with Crippen molar-refractivity contribution in [2.24, 2.45) is 0 Å². The molecule has 0 aromatic rings. The molecule has 0 radical (unpaired) electrons. The van der Waals surface area contributed by atoms with Crippen LogP contribution < -0.4 is 5.32 Å². The van der Waals surface area contributed by atoms with Crippen LogP contribution in [-0.4, -0.2) is 36.6 Å². The van der Waals surface area contributed by atoms with E-state index in [0.29, 0.717) is 25.3 Å². The molecule has 0 aromatic heterocycles. The Morgan fingerprint density at radius 1 is 1.05 bits per heavy atom. The predicted molar refractivity (Wildman–Crippen MR) is 86.8 cm³/mol. The van der Waals surface area contributed by atoms with Crippen molar-refractivity contribution in [1.29, 1.82) is 0 Å². The quantitative estimate of drug-likeness (QED) is 0.368. The molecule has 0 fully saturated rings. The Morgan fingerprint density at radius 3 is 2.29 bits per heavy atom. The Balaban J connectivity index is 3.33. The average molecular weight is 319 g/mol. The second kappa shape index (κ2) is 11.7. The highest BCUT2D eigenvalue weighted by Gasteiger charge is 2.15. The number of rotatable bonds is 10. The van der Waals surface area contributed by atoms with Crippen molar-refractivity contribution < 1.29 is 19.1 Å². The van der Waals surface area contributed by atoms with Crippen LogP contribution in [0.25, 0.3) is 0 Å². The molecule has 0 saturated heterocycles. The summed E-state index contributed by atoms with van der Waals surface area (Å²) in [6.07, 6.45) is 4.97. The van der Waals surface area contributed by atoms with Gasteiger partial charge in [-0.2, -0.15) is 12.6 Å². The van der Waals surface area contributed by atoms with Crippen LogP contribution >= 0.6 is 12.6 Å². The standard InChI is InChI=1S/C15H29NO4S/c1-15(2,3)20-14(18)16-10-8-6-4-5-7-9-13(17)19-11-12-21/h21H,4-12H2,1-3H3,(H,16,18). The maximum absolute atomic E-state index is 11.4. The minimum Gasteiger partial charge on any atom is -0.465 e. The Morgan fingerprint density at radius 2 is 1.67 bits per heavy atom. The van der Waals surface area contributed by atoms with Crippen molar-refractivity contribution in [2.45, 2.75) is 64.9 Å². The predicted octanol–water partition coefficient (Wildman–Crippen LogP) is 3.32. The number of ether oxygens (including phenoxy) is 2. The Kier molecular flexibility index (Phi) is 11.2. The van der Waals surface area contributed by atoms with Crippen molar-refractivity contribution in [3.05, 3.63) is 0 Å². The summed E-state index contributed by atoms with van der Waals surface area (Å²) in [5, 5.41) is 2.73. The number of esters is 1. The van der Waals surface area contributed by atoms with E-state index in [1.54, 1.807) is 0 Å². The first kappa shape index (κ1) is 20.1.